The van der Waals surface area contributed by atoms with E-state index >= 15 is 0 Å². The molecule has 0 radical (unpaired) electrons. The number of nitrogen functional groups attached to an aromatic ring is 1. The highest BCUT2D eigenvalue weighted by atomic mass is 35.5. The van der Waals surface area contributed by atoms with Gasteiger partial charge in [-0.25, -0.2) is 4.39 Å². The Bertz CT molecular complexity index is 372. The van der Waals surface area contributed by atoms with Crippen LogP contribution < -0.4 is 10.5 Å². The van der Waals surface area contributed by atoms with Crippen molar-refractivity contribution in [2.45, 2.75) is 13.8 Å². The average Bonchev–Trinajstić information content (AvgIpc) is 2.24. The van der Waals surface area contributed by atoms with E-state index in [-0.39, 0.29) is 10.7 Å². The molecule has 1 aromatic rings. The number of ether oxygens (including phenoxy) is 2. The van der Waals surface area contributed by atoms with E-state index in [1.54, 1.807) is 0 Å². The van der Waals surface area contributed by atoms with Gasteiger partial charge in [0, 0.05) is 18.7 Å². The lowest BCUT2D eigenvalue weighted by atomic mass is 10.2. The first-order valence-corrected chi connectivity index (χ1v) is 5.83. The molecule has 0 aromatic heterocycles. The summed E-state index contributed by atoms with van der Waals surface area (Å²) in [6.45, 7) is 5.64. The predicted octanol–water partition coefficient (Wildman–Crippen LogP) is 3.11. The van der Waals surface area contributed by atoms with Crippen molar-refractivity contribution in [2.75, 3.05) is 25.6 Å². The van der Waals surface area contributed by atoms with E-state index in [9.17, 15) is 4.39 Å². The molecule has 2 N–H and O–H groups in total. The van der Waals surface area contributed by atoms with Crippen LogP contribution in [0.1, 0.15) is 13.8 Å². The smallest absolute Gasteiger partial charge is 0.144 e. The van der Waals surface area contributed by atoms with Crippen molar-refractivity contribution in [3.63, 3.8) is 0 Å². The summed E-state index contributed by atoms with van der Waals surface area (Å²) >= 11 is 5.63. The minimum Gasteiger partial charge on any atom is -0.489 e. The lowest BCUT2D eigenvalue weighted by Crippen LogP contribution is -2.11. The third-order valence-corrected chi connectivity index (χ3v) is 2.28. The molecule has 1 rings (SSSR count). The molecule has 0 aliphatic heterocycles. The van der Waals surface area contributed by atoms with Crippen LogP contribution >= 0.6 is 11.6 Å². The monoisotopic (exact) mass is 261 g/mol. The summed E-state index contributed by atoms with van der Waals surface area (Å²) in [5.41, 5.74) is 5.82. The van der Waals surface area contributed by atoms with Crippen molar-refractivity contribution in [3.05, 3.63) is 23.0 Å². The number of halogens is 2. The van der Waals surface area contributed by atoms with Crippen molar-refractivity contribution in [1.82, 2.24) is 0 Å². The summed E-state index contributed by atoms with van der Waals surface area (Å²) in [6, 6.07) is 2.52. The average molecular weight is 262 g/mol. The third kappa shape index (κ3) is 4.79. The first-order chi connectivity index (χ1) is 8.00. The van der Waals surface area contributed by atoms with Crippen molar-refractivity contribution in [1.29, 1.82) is 0 Å². The molecule has 0 bridgehead atoms. The van der Waals surface area contributed by atoms with Crippen LogP contribution in [0, 0.1) is 11.7 Å². The van der Waals surface area contributed by atoms with Crippen molar-refractivity contribution in [3.8, 4) is 5.75 Å². The molecule has 0 amide bonds. The van der Waals surface area contributed by atoms with Gasteiger partial charge in [-0.1, -0.05) is 25.4 Å². The molecular formula is C12H17ClFNO2. The van der Waals surface area contributed by atoms with Crippen LogP contribution in [0.25, 0.3) is 0 Å². The van der Waals surface area contributed by atoms with Crippen LogP contribution in [-0.4, -0.2) is 19.8 Å². The topological polar surface area (TPSA) is 44.5 Å². The van der Waals surface area contributed by atoms with Gasteiger partial charge < -0.3 is 15.2 Å². The molecule has 0 aliphatic rings. The Kier molecular flexibility index (Phi) is 5.51. The highest BCUT2D eigenvalue weighted by molar-refractivity contribution is 6.31. The molecule has 0 heterocycles. The highest BCUT2D eigenvalue weighted by Crippen LogP contribution is 2.28. The van der Waals surface area contributed by atoms with Crippen molar-refractivity contribution < 1.29 is 13.9 Å². The highest BCUT2D eigenvalue weighted by Gasteiger charge is 2.07. The van der Waals surface area contributed by atoms with Crippen LogP contribution in [0.3, 0.4) is 0 Å². The Hall–Kier alpha value is -1.00. The zero-order chi connectivity index (χ0) is 12.8. The Labute approximate surface area is 106 Å². The Morgan fingerprint density at radius 1 is 1.35 bits per heavy atom. The second kappa shape index (κ2) is 6.67. The molecule has 0 atom stereocenters. The zero-order valence-corrected chi connectivity index (χ0v) is 10.8. The summed E-state index contributed by atoms with van der Waals surface area (Å²) < 4.78 is 23.7. The van der Waals surface area contributed by atoms with Crippen LogP contribution in [-0.2, 0) is 4.74 Å². The summed E-state index contributed by atoms with van der Waals surface area (Å²) in [5, 5.41) is -0.00250. The van der Waals surface area contributed by atoms with Crippen molar-refractivity contribution >= 4 is 17.3 Å². The van der Waals surface area contributed by atoms with Gasteiger partial charge in [0.05, 0.1) is 17.3 Å². The van der Waals surface area contributed by atoms with E-state index in [0.29, 0.717) is 31.5 Å². The third-order valence-electron chi connectivity index (χ3n) is 1.99. The number of nitrogens with two attached hydrogens (primary N) is 1. The molecule has 0 saturated heterocycles. The lowest BCUT2D eigenvalue weighted by Gasteiger charge is -2.11. The number of rotatable bonds is 6. The summed E-state index contributed by atoms with van der Waals surface area (Å²) in [7, 11) is 0. The maximum Gasteiger partial charge on any atom is 0.144 e. The molecule has 5 heteroatoms. The second-order valence-electron chi connectivity index (χ2n) is 4.12. The first kappa shape index (κ1) is 14.1. The van der Waals surface area contributed by atoms with Gasteiger partial charge in [0.2, 0.25) is 0 Å². The zero-order valence-electron chi connectivity index (χ0n) is 10.0. The second-order valence-corrected chi connectivity index (χ2v) is 4.53. The molecular weight excluding hydrogens is 245 g/mol. The fourth-order valence-electron chi connectivity index (χ4n) is 1.20. The fraction of sp³-hybridized carbons (Fsp3) is 0.500. The fourth-order valence-corrected chi connectivity index (χ4v) is 1.35. The van der Waals surface area contributed by atoms with Crippen LogP contribution in [0.2, 0.25) is 5.02 Å². The molecule has 0 saturated carbocycles. The molecule has 1 aromatic carbocycles. The van der Waals surface area contributed by atoms with E-state index in [1.807, 2.05) is 0 Å². The van der Waals surface area contributed by atoms with Gasteiger partial charge in [0.15, 0.2) is 0 Å². The standard InChI is InChI=1S/C12H17ClFNO2/c1-8(2)7-16-3-4-17-12-5-9(13)10(14)6-11(12)15/h5-6,8H,3-4,7,15H2,1-2H3. The predicted molar refractivity (Wildman–Crippen MR) is 67.0 cm³/mol. The van der Waals surface area contributed by atoms with Gasteiger partial charge in [-0.15, -0.1) is 0 Å². The van der Waals surface area contributed by atoms with Gasteiger partial charge in [-0.2, -0.15) is 0 Å². The van der Waals surface area contributed by atoms with E-state index in [2.05, 4.69) is 13.8 Å². The first-order valence-electron chi connectivity index (χ1n) is 5.45. The molecule has 0 spiro atoms. The lowest BCUT2D eigenvalue weighted by molar-refractivity contribution is 0.0821. The van der Waals surface area contributed by atoms with Crippen LogP contribution in [0.4, 0.5) is 10.1 Å². The molecule has 17 heavy (non-hydrogen) atoms. The minimum atomic E-state index is -0.549. The Balaban J connectivity index is 2.39. The SMILES string of the molecule is CC(C)COCCOc1cc(Cl)c(F)cc1N. The van der Waals surface area contributed by atoms with Gasteiger partial charge in [0.1, 0.15) is 18.2 Å². The quantitative estimate of drug-likeness (QED) is 0.632. The molecule has 96 valence electrons. The van der Waals surface area contributed by atoms with E-state index in [4.69, 9.17) is 26.8 Å². The molecule has 0 aliphatic carbocycles. The minimum absolute atomic E-state index is 0.00250. The largest absolute Gasteiger partial charge is 0.489 e. The summed E-state index contributed by atoms with van der Waals surface area (Å²) in [4.78, 5) is 0. The maximum absolute atomic E-state index is 13.0. The van der Waals surface area contributed by atoms with E-state index in [1.165, 1.54) is 6.07 Å². The van der Waals surface area contributed by atoms with Gasteiger partial charge >= 0.3 is 0 Å². The van der Waals surface area contributed by atoms with Crippen LogP contribution in [0.15, 0.2) is 12.1 Å². The van der Waals surface area contributed by atoms with Gasteiger partial charge in [0.25, 0.3) is 0 Å². The van der Waals surface area contributed by atoms with Gasteiger partial charge in [-0.05, 0) is 5.92 Å². The summed E-state index contributed by atoms with van der Waals surface area (Å²) in [5.74, 6) is 0.317. The number of benzene rings is 1. The van der Waals surface area contributed by atoms with E-state index < -0.39 is 5.82 Å². The number of hydrogen-bond donors (Lipinski definition) is 1. The molecule has 0 unspecified atom stereocenters. The number of hydrogen-bond acceptors (Lipinski definition) is 3. The normalized spacial score (nSPS) is 10.9. The van der Waals surface area contributed by atoms with Crippen molar-refractivity contribution in [2.24, 2.45) is 5.92 Å². The Morgan fingerprint density at radius 2 is 2.06 bits per heavy atom. The van der Waals surface area contributed by atoms with Crippen LogP contribution in [0.5, 0.6) is 5.75 Å². The summed E-state index contributed by atoms with van der Waals surface area (Å²) in [6.07, 6.45) is 0. The maximum atomic E-state index is 13.0. The van der Waals surface area contributed by atoms with E-state index in [0.717, 1.165) is 6.07 Å². The molecule has 3 nitrogen and oxygen atoms in total. The number of anilines is 1. The van der Waals surface area contributed by atoms with Gasteiger partial charge in [-0.3, -0.25) is 0 Å². The Morgan fingerprint density at radius 3 is 2.71 bits per heavy atom. The molecule has 0 fully saturated rings.